The molecule has 1 heterocycles. The Labute approximate surface area is 176 Å². The highest BCUT2D eigenvalue weighted by molar-refractivity contribution is 5.89. The first-order chi connectivity index (χ1) is 15.0. The van der Waals surface area contributed by atoms with E-state index in [4.69, 9.17) is 5.11 Å². The van der Waals surface area contributed by atoms with Crippen LogP contribution in [0, 0.1) is 11.6 Å². The molecule has 0 unspecified atom stereocenters. The number of para-hydroxylation sites is 1. The van der Waals surface area contributed by atoms with Crippen molar-refractivity contribution in [1.82, 2.24) is 9.78 Å². The number of anilines is 1. The minimum absolute atomic E-state index is 0.144. The number of hydrazone groups is 1. The van der Waals surface area contributed by atoms with Gasteiger partial charge >= 0.3 is 5.97 Å². The number of nitrogens with zero attached hydrogens (tertiary/aromatic N) is 3. The molecule has 3 aromatic carbocycles. The maximum absolute atomic E-state index is 13.8. The van der Waals surface area contributed by atoms with Crippen LogP contribution >= 0.6 is 0 Å². The molecule has 0 radical (unpaired) electrons. The molecule has 0 bridgehead atoms. The van der Waals surface area contributed by atoms with Crippen LogP contribution in [-0.2, 0) is 0 Å². The molecule has 0 saturated carbocycles. The summed E-state index contributed by atoms with van der Waals surface area (Å²) in [6.45, 7) is 0. The van der Waals surface area contributed by atoms with E-state index in [9.17, 15) is 13.6 Å². The van der Waals surface area contributed by atoms with Crippen LogP contribution in [0.5, 0.6) is 0 Å². The van der Waals surface area contributed by atoms with E-state index in [0.29, 0.717) is 22.5 Å². The first-order valence-corrected chi connectivity index (χ1v) is 9.24. The highest BCUT2D eigenvalue weighted by atomic mass is 19.2. The summed E-state index contributed by atoms with van der Waals surface area (Å²) in [6, 6.07) is 19.0. The molecular formula is C23H16F2N4O2. The van der Waals surface area contributed by atoms with Gasteiger partial charge in [-0.3, -0.25) is 5.43 Å². The number of carboxylic acid groups (broad SMARTS) is 1. The summed E-state index contributed by atoms with van der Waals surface area (Å²) in [6.07, 6.45) is 3.20. The van der Waals surface area contributed by atoms with Crippen molar-refractivity contribution in [1.29, 1.82) is 0 Å². The van der Waals surface area contributed by atoms with E-state index in [1.54, 1.807) is 18.3 Å². The average Bonchev–Trinajstić information content (AvgIpc) is 3.20. The zero-order valence-corrected chi connectivity index (χ0v) is 16.0. The molecule has 0 aliphatic rings. The monoisotopic (exact) mass is 418 g/mol. The van der Waals surface area contributed by atoms with E-state index in [1.165, 1.54) is 29.1 Å². The third kappa shape index (κ3) is 4.48. The lowest BCUT2D eigenvalue weighted by atomic mass is 10.1. The molecule has 154 valence electrons. The molecule has 2 N–H and O–H groups in total. The summed E-state index contributed by atoms with van der Waals surface area (Å²) in [4.78, 5) is 11.1. The van der Waals surface area contributed by atoms with Crippen molar-refractivity contribution < 1.29 is 18.7 Å². The summed E-state index contributed by atoms with van der Waals surface area (Å²) in [7, 11) is 0. The molecule has 0 atom stereocenters. The van der Waals surface area contributed by atoms with Crippen molar-refractivity contribution in [2.45, 2.75) is 0 Å². The number of aromatic nitrogens is 2. The van der Waals surface area contributed by atoms with E-state index in [1.807, 2.05) is 30.3 Å². The van der Waals surface area contributed by atoms with Gasteiger partial charge in [-0.2, -0.15) is 10.2 Å². The van der Waals surface area contributed by atoms with Crippen molar-refractivity contribution in [3.05, 3.63) is 102 Å². The van der Waals surface area contributed by atoms with Crippen LogP contribution in [0.15, 0.2) is 84.1 Å². The molecule has 4 rings (SSSR count). The number of nitrogens with one attached hydrogen (secondary N) is 1. The average molecular weight is 418 g/mol. The number of aromatic carboxylic acids is 1. The molecule has 8 heteroatoms. The van der Waals surface area contributed by atoms with E-state index in [2.05, 4.69) is 15.6 Å². The predicted molar refractivity (Wildman–Crippen MR) is 114 cm³/mol. The second-order valence-corrected chi connectivity index (χ2v) is 6.59. The van der Waals surface area contributed by atoms with Gasteiger partial charge in [-0.25, -0.2) is 18.3 Å². The van der Waals surface area contributed by atoms with Gasteiger partial charge in [0.2, 0.25) is 0 Å². The lowest BCUT2D eigenvalue weighted by molar-refractivity contribution is 0.0697. The quantitative estimate of drug-likeness (QED) is 0.343. The molecule has 0 fully saturated rings. The normalized spacial score (nSPS) is 11.0. The Kier molecular flexibility index (Phi) is 5.53. The molecule has 0 spiro atoms. The molecule has 0 saturated heterocycles. The second kappa shape index (κ2) is 8.58. The summed E-state index contributed by atoms with van der Waals surface area (Å²) in [5.74, 6) is -2.97. The van der Waals surface area contributed by atoms with Gasteiger partial charge in [0.05, 0.1) is 23.2 Å². The van der Waals surface area contributed by atoms with Gasteiger partial charge in [-0.1, -0.05) is 18.2 Å². The molecular weight excluding hydrogens is 402 g/mol. The Morgan fingerprint density at radius 3 is 2.42 bits per heavy atom. The SMILES string of the molecule is O=C(O)c1ccc(-n2cc(/C=N/Nc3ccccc3)c(-c3ccc(F)c(F)c3)n2)cc1. The second-order valence-electron chi connectivity index (χ2n) is 6.59. The Bertz CT molecular complexity index is 1250. The lowest BCUT2D eigenvalue weighted by Crippen LogP contribution is -1.99. The van der Waals surface area contributed by atoms with Crippen LogP contribution in [0.25, 0.3) is 16.9 Å². The van der Waals surface area contributed by atoms with Gasteiger partial charge in [0.1, 0.15) is 5.69 Å². The van der Waals surface area contributed by atoms with Gasteiger partial charge in [0, 0.05) is 17.3 Å². The Hall–Kier alpha value is -4.33. The highest BCUT2D eigenvalue weighted by Crippen LogP contribution is 2.25. The number of carboxylic acids is 1. The molecule has 0 aliphatic carbocycles. The van der Waals surface area contributed by atoms with Crippen LogP contribution in [0.3, 0.4) is 0 Å². The fraction of sp³-hybridized carbons (Fsp3) is 0. The largest absolute Gasteiger partial charge is 0.478 e. The number of hydrogen-bond donors (Lipinski definition) is 2. The minimum atomic E-state index is -1.03. The standard InChI is InChI=1S/C23H16F2N4O2/c24-20-11-8-16(12-21(20)25)22-17(13-26-27-18-4-2-1-3-5-18)14-29(28-22)19-9-6-15(7-10-19)23(30)31/h1-14,27H,(H,30,31)/b26-13+. The summed E-state index contributed by atoms with van der Waals surface area (Å²) < 4.78 is 28.7. The van der Waals surface area contributed by atoms with E-state index in [-0.39, 0.29) is 5.56 Å². The van der Waals surface area contributed by atoms with Crippen LogP contribution in [0.1, 0.15) is 15.9 Å². The van der Waals surface area contributed by atoms with Crippen LogP contribution in [0.4, 0.5) is 14.5 Å². The van der Waals surface area contributed by atoms with Gasteiger partial charge in [0.15, 0.2) is 11.6 Å². The zero-order chi connectivity index (χ0) is 21.8. The number of halogens is 2. The highest BCUT2D eigenvalue weighted by Gasteiger charge is 2.14. The summed E-state index contributed by atoms with van der Waals surface area (Å²) >= 11 is 0. The number of rotatable bonds is 6. The molecule has 0 amide bonds. The maximum atomic E-state index is 13.8. The zero-order valence-electron chi connectivity index (χ0n) is 16.0. The molecule has 0 aliphatic heterocycles. The Balaban J connectivity index is 1.72. The van der Waals surface area contributed by atoms with Crippen LogP contribution in [0.2, 0.25) is 0 Å². The smallest absolute Gasteiger partial charge is 0.335 e. The molecule has 6 nitrogen and oxygen atoms in total. The summed E-state index contributed by atoms with van der Waals surface area (Å²) in [5, 5.41) is 17.8. The van der Waals surface area contributed by atoms with E-state index < -0.39 is 17.6 Å². The predicted octanol–water partition coefficient (Wildman–Crippen LogP) is 4.96. The fourth-order valence-electron chi connectivity index (χ4n) is 2.93. The fourth-order valence-corrected chi connectivity index (χ4v) is 2.93. The van der Waals surface area contributed by atoms with Crippen molar-refractivity contribution in [3.8, 4) is 16.9 Å². The van der Waals surface area contributed by atoms with Gasteiger partial charge in [-0.15, -0.1) is 0 Å². The van der Waals surface area contributed by atoms with Gasteiger partial charge < -0.3 is 5.11 Å². The lowest BCUT2D eigenvalue weighted by Gasteiger charge is -2.02. The van der Waals surface area contributed by atoms with Crippen molar-refractivity contribution in [2.75, 3.05) is 5.43 Å². The number of carbonyl (C=O) groups is 1. The van der Waals surface area contributed by atoms with E-state index >= 15 is 0 Å². The van der Waals surface area contributed by atoms with Crippen LogP contribution < -0.4 is 5.43 Å². The Morgan fingerprint density at radius 2 is 1.74 bits per heavy atom. The topological polar surface area (TPSA) is 79.5 Å². The number of hydrogen-bond acceptors (Lipinski definition) is 4. The van der Waals surface area contributed by atoms with Crippen LogP contribution in [-0.4, -0.2) is 27.1 Å². The van der Waals surface area contributed by atoms with Gasteiger partial charge in [0.25, 0.3) is 0 Å². The third-order valence-electron chi connectivity index (χ3n) is 4.49. The Morgan fingerprint density at radius 1 is 1.00 bits per heavy atom. The first-order valence-electron chi connectivity index (χ1n) is 9.24. The van der Waals surface area contributed by atoms with Crippen molar-refractivity contribution in [2.24, 2.45) is 5.10 Å². The van der Waals surface area contributed by atoms with E-state index in [0.717, 1.165) is 17.8 Å². The third-order valence-corrected chi connectivity index (χ3v) is 4.49. The minimum Gasteiger partial charge on any atom is -0.478 e. The van der Waals surface area contributed by atoms with Gasteiger partial charge in [-0.05, 0) is 54.6 Å². The number of benzene rings is 3. The molecule has 4 aromatic rings. The first kappa shape index (κ1) is 20.0. The van der Waals surface area contributed by atoms with Crippen molar-refractivity contribution in [3.63, 3.8) is 0 Å². The van der Waals surface area contributed by atoms with Crippen molar-refractivity contribution >= 4 is 17.9 Å². The molecule has 1 aromatic heterocycles. The molecule has 31 heavy (non-hydrogen) atoms. The summed E-state index contributed by atoms with van der Waals surface area (Å²) in [5.41, 5.74) is 5.74. The maximum Gasteiger partial charge on any atom is 0.335 e.